The number of anilines is 2. The highest BCUT2D eigenvalue weighted by atomic mass is 32.1. The number of ether oxygens (including phenoxy) is 1. The number of aromatic nitrogens is 4. The molecule has 1 N–H and O–H groups in total. The lowest BCUT2D eigenvalue weighted by Crippen LogP contribution is -2.49. The summed E-state index contributed by atoms with van der Waals surface area (Å²) in [5, 5.41) is 7.26. The summed E-state index contributed by atoms with van der Waals surface area (Å²) in [4.78, 5) is 37.7. The van der Waals surface area contributed by atoms with E-state index in [4.69, 9.17) is 4.74 Å². The highest BCUT2D eigenvalue weighted by molar-refractivity contribution is 7.16. The zero-order valence-electron chi connectivity index (χ0n) is 18.0. The van der Waals surface area contributed by atoms with Gasteiger partial charge < -0.3 is 15.0 Å². The van der Waals surface area contributed by atoms with Crippen LogP contribution in [0.4, 0.5) is 11.8 Å². The van der Waals surface area contributed by atoms with Gasteiger partial charge in [0.05, 0.1) is 34.5 Å². The van der Waals surface area contributed by atoms with Crippen molar-refractivity contribution in [2.24, 2.45) is 7.05 Å². The van der Waals surface area contributed by atoms with Crippen LogP contribution in [0.25, 0.3) is 10.6 Å². The predicted octanol–water partition coefficient (Wildman–Crippen LogP) is 3.32. The molecule has 4 rings (SSSR count). The normalized spacial score (nSPS) is 15.6. The Kier molecular flexibility index (Phi) is 5.26. The molecule has 0 aromatic carbocycles. The van der Waals surface area contributed by atoms with Crippen LogP contribution in [0.5, 0.6) is 0 Å². The minimum Gasteiger partial charge on any atom is -0.464 e. The fraction of sp³-hybridized carbons (Fsp3) is 0.381. The molecule has 0 bridgehead atoms. The summed E-state index contributed by atoms with van der Waals surface area (Å²) in [6.07, 6.45) is 3.36. The smallest absolute Gasteiger partial charge is 0.328 e. The monoisotopic (exact) mass is 440 g/mol. The molecule has 0 spiro atoms. The van der Waals surface area contributed by atoms with E-state index in [1.165, 1.54) is 11.3 Å². The minimum absolute atomic E-state index is 0.176. The first-order valence-corrected chi connectivity index (χ1v) is 10.8. The Morgan fingerprint density at radius 3 is 2.74 bits per heavy atom. The molecule has 0 saturated heterocycles. The molecular formula is C21H24N6O3S. The Labute approximate surface area is 184 Å². The quantitative estimate of drug-likeness (QED) is 0.587. The maximum Gasteiger partial charge on any atom is 0.328 e. The third-order valence-electron chi connectivity index (χ3n) is 5.32. The number of amides is 1. The van der Waals surface area contributed by atoms with E-state index >= 15 is 0 Å². The SMILES string of the molecule is CCOC(=O)C(C)N1C(=O)c2cc(-c3ccnc(Nc4ccnn4C)n3)sc2C1(C)C. The largest absolute Gasteiger partial charge is 0.464 e. The van der Waals surface area contributed by atoms with Gasteiger partial charge in [0.25, 0.3) is 5.91 Å². The van der Waals surface area contributed by atoms with Crippen molar-refractivity contribution in [1.82, 2.24) is 24.6 Å². The Bertz CT molecular complexity index is 1150. The molecule has 0 aliphatic carbocycles. The molecule has 10 heteroatoms. The van der Waals surface area contributed by atoms with Crippen LogP contribution in [-0.2, 0) is 22.1 Å². The van der Waals surface area contributed by atoms with Gasteiger partial charge in [-0.3, -0.25) is 9.48 Å². The molecule has 162 valence electrons. The van der Waals surface area contributed by atoms with Gasteiger partial charge in [-0.05, 0) is 39.8 Å². The molecule has 9 nitrogen and oxygen atoms in total. The summed E-state index contributed by atoms with van der Waals surface area (Å²) >= 11 is 1.50. The van der Waals surface area contributed by atoms with Crippen molar-refractivity contribution < 1.29 is 14.3 Å². The van der Waals surface area contributed by atoms with Crippen LogP contribution in [0, 0.1) is 0 Å². The molecule has 1 aliphatic rings. The van der Waals surface area contributed by atoms with Crippen LogP contribution in [0.1, 0.15) is 42.9 Å². The number of rotatable bonds is 6. The van der Waals surface area contributed by atoms with Crippen molar-refractivity contribution in [3.05, 3.63) is 41.0 Å². The van der Waals surface area contributed by atoms with Gasteiger partial charge in [-0.1, -0.05) is 0 Å². The van der Waals surface area contributed by atoms with E-state index in [9.17, 15) is 9.59 Å². The van der Waals surface area contributed by atoms with Gasteiger partial charge in [0.2, 0.25) is 5.95 Å². The number of carbonyl (C=O) groups excluding carboxylic acids is 2. The number of nitrogens with zero attached hydrogens (tertiary/aromatic N) is 5. The molecule has 3 aromatic rings. The van der Waals surface area contributed by atoms with Gasteiger partial charge in [-0.25, -0.2) is 14.8 Å². The fourth-order valence-corrected chi connectivity index (χ4v) is 5.04. The van der Waals surface area contributed by atoms with Gasteiger partial charge in [-0.15, -0.1) is 11.3 Å². The van der Waals surface area contributed by atoms with Crippen molar-refractivity contribution in [2.45, 2.75) is 39.3 Å². The number of thiophene rings is 1. The highest BCUT2D eigenvalue weighted by Gasteiger charge is 2.49. The average molecular weight is 441 g/mol. The average Bonchev–Trinajstić information content (AvgIpc) is 3.39. The molecule has 3 aromatic heterocycles. The van der Waals surface area contributed by atoms with Crippen molar-refractivity contribution in [3.63, 3.8) is 0 Å². The number of nitrogens with one attached hydrogen (secondary N) is 1. The first kappa shape index (κ1) is 21.0. The third-order valence-corrected chi connectivity index (χ3v) is 6.79. The molecule has 4 heterocycles. The van der Waals surface area contributed by atoms with E-state index in [1.807, 2.05) is 39.1 Å². The third kappa shape index (κ3) is 3.56. The highest BCUT2D eigenvalue weighted by Crippen LogP contribution is 2.47. The summed E-state index contributed by atoms with van der Waals surface area (Å²) in [5.41, 5.74) is 0.679. The van der Waals surface area contributed by atoms with E-state index < -0.39 is 17.6 Å². The van der Waals surface area contributed by atoms with Crippen LogP contribution in [-0.4, -0.2) is 49.2 Å². The Hall–Kier alpha value is -3.27. The predicted molar refractivity (Wildman–Crippen MR) is 117 cm³/mol. The Morgan fingerprint density at radius 1 is 1.32 bits per heavy atom. The lowest BCUT2D eigenvalue weighted by molar-refractivity contribution is -0.149. The first-order valence-electron chi connectivity index (χ1n) is 9.97. The molecule has 0 fully saturated rings. The minimum atomic E-state index is -0.667. The topological polar surface area (TPSA) is 102 Å². The molecule has 0 radical (unpaired) electrons. The van der Waals surface area contributed by atoms with Crippen LogP contribution in [0.15, 0.2) is 30.6 Å². The van der Waals surface area contributed by atoms with Crippen molar-refractivity contribution in [3.8, 4) is 10.6 Å². The number of hydrogen-bond donors (Lipinski definition) is 1. The fourth-order valence-electron chi connectivity index (χ4n) is 3.82. The second kappa shape index (κ2) is 7.77. The van der Waals surface area contributed by atoms with Crippen LogP contribution >= 0.6 is 11.3 Å². The van der Waals surface area contributed by atoms with Gasteiger partial charge in [0.1, 0.15) is 11.9 Å². The van der Waals surface area contributed by atoms with Crippen molar-refractivity contribution in [2.75, 3.05) is 11.9 Å². The first-order chi connectivity index (χ1) is 14.7. The van der Waals surface area contributed by atoms with Crippen molar-refractivity contribution in [1.29, 1.82) is 0 Å². The standard InChI is InChI=1S/C21H24N6O3S/c1-6-30-19(29)12(2)27-18(28)13-11-15(31-17(13)21(27,3)4)14-7-9-22-20(24-14)25-16-8-10-23-26(16)5/h7-12H,6H2,1-5H3,(H,22,24,25). The number of fused-ring (bicyclic) bond motifs is 1. The van der Waals surface area contributed by atoms with Gasteiger partial charge >= 0.3 is 5.97 Å². The van der Waals surface area contributed by atoms with E-state index in [-0.39, 0.29) is 12.5 Å². The Morgan fingerprint density at radius 2 is 2.10 bits per heavy atom. The summed E-state index contributed by atoms with van der Waals surface area (Å²) in [5.74, 6) is 0.634. The van der Waals surface area contributed by atoms with E-state index in [0.29, 0.717) is 17.2 Å². The van der Waals surface area contributed by atoms with Crippen molar-refractivity contribution >= 4 is 35.0 Å². The molecule has 1 aliphatic heterocycles. The number of hydrogen-bond acceptors (Lipinski definition) is 8. The molecule has 31 heavy (non-hydrogen) atoms. The number of aryl methyl sites for hydroxylation is 1. The second-order valence-corrected chi connectivity index (χ2v) is 8.80. The van der Waals surface area contributed by atoms with Gasteiger partial charge in [0, 0.05) is 24.2 Å². The maximum absolute atomic E-state index is 13.2. The lowest BCUT2D eigenvalue weighted by Gasteiger charge is -2.35. The molecule has 1 atom stereocenters. The summed E-state index contributed by atoms with van der Waals surface area (Å²) in [6.45, 7) is 7.63. The molecule has 1 unspecified atom stereocenters. The van der Waals surface area contributed by atoms with Crippen LogP contribution in [0.2, 0.25) is 0 Å². The van der Waals surface area contributed by atoms with E-state index in [2.05, 4.69) is 20.4 Å². The zero-order chi connectivity index (χ0) is 22.3. The summed E-state index contributed by atoms with van der Waals surface area (Å²) < 4.78 is 6.82. The van der Waals surface area contributed by atoms with Gasteiger partial charge in [0.15, 0.2) is 0 Å². The number of carbonyl (C=O) groups is 2. The van der Waals surface area contributed by atoms with E-state index in [1.54, 1.807) is 35.8 Å². The zero-order valence-corrected chi connectivity index (χ0v) is 18.9. The van der Waals surface area contributed by atoms with Crippen LogP contribution < -0.4 is 5.32 Å². The lowest BCUT2D eigenvalue weighted by atomic mass is 10.0. The molecule has 1 amide bonds. The molecular weight excluding hydrogens is 416 g/mol. The van der Waals surface area contributed by atoms with Crippen LogP contribution in [0.3, 0.4) is 0 Å². The summed E-state index contributed by atoms with van der Waals surface area (Å²) in [6, 6.07) is 4.82. The Balaban J connectivity index is 1.63. The molecule has 0 saturated carbocycles. The van der Waals surface area contributed by atoms with E-state index in [0.717, 1.165) is 15.6 Å². The summed E-state index contributed by atoms with van der Waals surface area (Å²) in [7, 11) is 1.83. The van der Waals surface area contributed by atoms with Gasteiger partial charge in [-0.2, -0.15) is 5.10 Å². The second-order valence-electron chi connectivity index (χ2n) is 7.75. The maximum atomic E-state index is 13.2. The number of esters is 1.